The normalized spacial score (nSPS) is 21.9. The van der Waals surface area contributed by atoms with Crippen LogP contribution in [0.25, 0.3) is 5.69 Å². The molecule has 0 atom stereocenters. The molecule has 3 heterocycles. The number of carbonyl (C=O) groups is 1. The number of halogens is 3. The zero-order valence-corrected chi connectivity index (χ0v) is 19.5. The topological polar surface area (TPSA) is 72.3 Å². The number of anilines is 2. The van der Waals surface area contributed by atoms with Crippen molar-refractivity contribution >= 4 is 30.0 Å². The Kier molecular flexibility index (Phi) is 6.74. The van der Waals surface area contributed by atoms with Crippen LogP contribution < -0.4 is 10.2 Å². The van der Waals surface area contributed by atoms with Gasteiger partial charge >= 0.3 is 6.09 Å². The first-order chi connectivity index (χ1) is 15.9. The number of aryl methyl sites for hydroxylation is 1. The van der Waals surface area contributed by atoms with Gasteiger partial charge in [-0.1, -0.05) is 12.1 Å². The molecular formula is C24H26ClF2N5O2. The van der Waals surface area contributed by atoms with Crippen molar-refractivity contribution in [1.29, 1.82) is 0 Å². The van der Waals surface area contributed by atoms with Crippen molar-refractivity contribution in [1.82, 2.24) is 14.8 Å². The van der Waals surface area contributed by atoms with Gasteiger partial charge in [0, 0.05) is 24.5 Å². The number of benzene rings is 1. The SMILES string of the molecule is Cc1ccc(N2CC3(CCC(CNc4ccn(-c5ccccc5F)n4)CC3)OC2=O)c(F)n1.Cl. The van der Waals surface area contributed by atoms with E-state index in [0.717, 1.165) is 19.4 Å². The van der Waals surface area contributed by atoms with E-state index in [0.29, 0.717) is 42.5 Å². The number of hydrogen-bond acceptors (Lipinski definition) is 5. The second-order valence-electron chi connectivity index (χ2n) is 8.82. The van der Waals surface area contributed by atoms with Crippen LogP contribution in [0.1, 0.15) is 31.4 Å². The van der Waals surface area contributed by atoms with Gasteiger partial charge in [0.1, 0.15) is 28.6 Å². The quantitative estimate of drug-likeness (QED) is 0.494. The zero-order valence-electron chi connectivity index (χ0n) is 18.7. The molecule has 1 saturated heterocycles. The molecule has 1 aliphatic carbocycles. The van der Waals surface area contributed by atoms with Gasteiger partial charge in [0.25, 0.3) is 0 Å². The van der Waals surface area contributed by atoms with E-state index in [-0.39, 0.29) is 23.9 Å². The van der Waals surface area contributed by atoms with Crippen molar-refractivity contribution in [3.63, 3.8) is 0 Å². The Morgan fingerprint density at radius 1 is 1.12 bits per heavy atom. The minimum Gasteiger partial charge on any atom is -0.441 e. The van der Waals surface area contributed by atoms with Gasteiger partial charge in [-0.15, -0.1) is 12.4 Å². The van der Waals surface area contributed by atoms with Gasteiger partial charge in [-0.25, -0.2) is 18.9 Å². The highest BCUT2D eigenvalue weighted by atomic mass is 35.5. The molecule has 2 aliphatic rings. The largest absolute Gasteiger partial charge is 0.441 e. The first-order valence-corrected chi connectivity index (χ1v) is 11.1. The number of carbonyl (C=O) groups excluding carboxylic acids is 1. The summed E-state index contributed by atoms with van der Waals surface area (Å²) in [4.78, 5) is 17.7. The zero-order chi connectivity index (χ0) is 23.0. The van der Waals surface area contributed by atoms with E-state index in [1.54, 1.807) is 43.5 Å². The van der Waals surface area contributed by atoms with E-state index in [9.17, 15) is 13.6 Å². The van der Waals surface area contributed by atoms with E-state index >= 15 is 0 Å². The molecule has 1 saturated carbocycles. The van der Waals surface area contributed by atoms with E-state index in [2.05, 4.69) is 15.4 Å². The number of para-hydroxylation sites is 1. The van der Waals surface area contributed by atoms with Gasteiger partial charge in [-0.05, 0) is 62.8 Å². The number of aromatic nitrogens is 3. The Labute approximate surface area is 202 Å². The van der Waals surface area contributed by atoms with Crippen LogP contribution in [0.15, 0.2) is 48.7 Å². The highest BCUT2D eigenvalue weighted by molar-refractivity contribution is 5.90. The molecular weight excluding hydrogens is 464 g/mol. The molecule has 3 aromatic rings. The van der Waals surface area contributed by atoms with E-state index in [4.69, 9.17) is 4.74 Å². The number of ether oxygens (including phenoxy) is 1. The lowest BCUT2D eigenvalue weighted by molar-refractivity contribution is 0.0148. The molecule has 0 unspecified atom stereocenters. The maximum absolute atomic E-state index is 14.3. The molecule has 180 valence electrons. The number of amides is 1. The first kappa shape index (κ1) is 23.9. The molecule has 1 N–H and O–H groups in total. The van der Waals surface area contributed by atoms with Gasteiger partial charge < -0.3 is 10.1 Å². The maximum atomic E-state index is 14.3. The maximum Gasteiger partial charge on any atom is 0.415 e. The van der Waals surface area contributed by atoms with Crippen LogP contribution in [0, 0.1) is 24.6 Å². The fourth-order valence-corrected chi connectivity index (χ4v) is 4.63. The van der Waals surface area contributed by atoms with E-state index in [1.807, 2.05) is 6.07 Å². The van der Waals surface area contributed by atoms with Gasteiger partial charge in [-0.2, -0.15) is 9.49 Å². The second kappa shape index (κ2) is 9.58. The third-order valence-corrected chi connectivity index (χ3v) is 6.51. The number of nitrogens with one attached hydrogen (secondary N) is 1. The molecule has 1 aliphatic heterocycles. The van der Waals surface area contributed by atoms with Crippen LogP contribution in [-0.2, 0) is 4.74 Å². The Morgan fingerprint density at radius 2 is 1.88 bits per heavy atom. The predicted molar refractivity (Wildman–Crippen MR) is 127 cm³/mol. The highest BCUT2D eigenvalue weighted by Gasteiger charge is 2.48. The smallest absolute Gasteiger partial charge is 0.415 e. The lowest BCUT2D eigenvalue weighted by atomic mass is 9.78. The van der Waals surface area contributed by atoms with E-state index in [1.165, 1.54) is 15.6 Å². The lowest BCUT2D eigenvalue weighted by Gasteiger charge is -2.35. The van der Waals surface area contributed by atoms with Gasteiger partial charge in [-0.3, -0.25) is 4.90 Å². The molecule has 7 nitrogen and oxygen atoms in total. The van der Waals surface area contributed by atoms with Crippen molar-refractivity contribution in [2.75, 3.05) is 23.3 Å². The van der Waals surface area contributed by atoms with Crippen molar-refractivity contribution < 1.29 is 18.3 Å². The second-order valence-corrected chi connectivity index (χ2v) is 8.82. The number of pyridine rings is 1. The van der Waals surface area contributed by atoms with Crippen LogP contribution >= 0.6 is 12.4 Å². The fourth-order valence-electron chi connectivity index (χ4n) is 4.63. The summed E-state index contributed by atoms with van der Waals surface area (Å²) in [7, 11) is 0. The lowest BCUT2D eigenvalue weighted by Crippen LogP contribution is -2.39. The summed E-state index contributed by atoms with van der Waals surface area (Å²) in [5.74, 6) is 0.0852. The summed E-state index contributed by atoms with van der Waals surface area (Å²) >= 11 is 0. The fraction of sp³-hybridized carbons (Fsp3) is 0.375. The highest BCUT2D eigenvalue weighted by Crippen LogP contribution is 2.41. The Morgan fingerprint density at radius 3 is 2.62 bits per heavy atom. The molecule has 2 fully saturated rings. The number of nitrogens with zero attached hydrogens (tertiary/aromatic N) is 4. The molecule has 0 radical (unpaired) electrons. The predicted octanol–water partition coefficient (Wildman–Crippen LogP) is 5.27. The van der Waals surface area contributed by atoms with Crippen molar-refractivity contribution in [2.24, 2.45) is 5.92 Å². The molecule has 1 amide bonds. The summed E-state index contributed by atoms with van der Waals surface area (Å²) in [5.41, 5.74) is 0.539. The molecule has 0 bridgehead atoms. The standard InChI is InChI=1S/C24H25F2N5O2.ClH/c1-16-6-7-20(22(26)28-16)30-15-24(33-23(30)32)11-8-17(9-12-24)14-27-21-10-13-31(29-21)19-5-3-2-4-18(19)25;/h2-7,10,13,17H,8-9,11-12,14-15H2,1H3,(H,27,29);1H. The molecule has 1 spiro atoms. The summed E-state index contributed by atoms with van der Waals surface area (Å²) in [6.07, 6.45) is 4.38. The van der Waals surface area contributed by atoms with Crippen LogP contribution in [0.5, 0.6) is 0 Å². The third-order valence-electron chi connectivity index (χ3n) is 6.51. The minimum atomic E-state index is -0.656. The Balaban J connectivity index is 0.00000274. The molecule has 10 heteroatoms. The molecule has 2 aromatic heterocycles. The summed E-state index contributed by atoms with van der Waals surface area (Å²) in [6.45, 7) is 2.76. The van der Waals surface area contributed by atoms with Gasteiger partial charge in [0.2, 0.25) is 5.95 Å². The summed E-state index contributed by atoms with van der Waals surface area (Å²) in [5, 5.41) is 7.74. The van der Waals surface area contributed by atoms with Gasteiger partial charge in [0.05, 0.1) is 6.54 Å². The summed E-state index contributed by atoms with van der Waals surface area (Å²) in [6, 6.07) is 11.6. The van der Waals surface area contributed by atoms with Crippen molar-refractivity contribution in [2.45, 2.75) is 38.2 Å². The first-order valence-electron chi connectivity index (χ1n) is 11.1. The van der Waals surface area contributed by atoms with Crippen LogP contribution in [0.2, 0.25) is 0 Å². The van der Waals surface area contributed by atoms with E-state index < -0.39 is 17.6 Å². The summed E-state index contributed by atoms with van der Waals surface area (Å²) < 4.78 is 35.5. The van der Waals surface area contributed by atoms with Crippen LogP contribution in [0.3, 0.4) is 0 Å². The van der Waals surface area contributed by atoms with Crippen LogP contribution in [0.4, 0.5) is 25.1 Å². The van der Waals surface area contributed by atoms with Crippen LogP contribution in [-0.4, -0.2) is 39.5 Å². The molecule has 5 rings (SSSR count). The molecule has 1 aromatic carbocycles. The van der Waals surface area contributed by atoms with Crippen molar-refractivity contribution in [3.8, 4) is 5.69 Å². The Bertz CT molecular complexity index is 1180. The minimum absolute atomic E-state index is 0. The monoisotopic (exact) mass is 489 g/mol. The molecule has 34 heavy (non-hydrogen) atoms. The van der Waals surface area contributed by atoms with Gasteiger partial charge in [0.15, 0.2) is 0 Å². The Hall–Kier alpha value is -3.20. The average Bonchev–Trinajstić information content (AvgIpc) is 3.38. The average molecular weight is 490 g/mol. The number of hydrogen-bond donors (Lipinski definition) is 1. The van der Waals surface area contributed by atoms with Crippen molar-refractivity contribution in [3.05, 3.63) is 66.1 Å². The number of rotatable bonds is 5. The third kappa shape index (κ3) is 4.70.